The SMILES string of the molecule is CC1CC1(CC(C)(C)C)c1ccccc1. The predicted molar refractivity (Wildman–Crippen MR) is 66.0 cm³/mol. The molecule has 0 heteroatoms. The minimum atomic E-state index is 0.431. The lowest BCUT2D eigenvalue weighted by Crippen LogP contribution is -2.19. The summed E-state index contributed by atoms with van der Waals surface area (Å²) in [6.07, 6.45) is 2.68. The Bertz CT molecular complexity index is 331. The molecule has 0 bridgehead atoms. The van der Waals surface area contributed by atoms with Gasteiger partial charge in [0.05, 0.1) is 0 Å². The van der Waals surface area contributed by atoms with Crippen LogP contribution < -0.4 is 0 Å². The van der Waals surface area contributed by atoms with Crippen molar-refractivity contribution < 1.29 is 0 Å². The highest BCUT2D eigenvalue weighted by molar-refractivity contribution is 5.33. The summed E-state index contributed by atoms with van der Waals surface area (Å²) in [5.74, 6) is 0.860. The lowest BCUT2D eigenvalue weighted by Gasteiger charge is -2.27. The van der Waals surface area contributed by atoms with Gasteiger partial charge in [-0.25, -0.2) is 0 Å². The first-order valence-electron chi connectivity index (χ1n) is 6.00. The highest BCUT2D eigenvalue weighted by atomic mass is 14.6. The minimum Gasteiger partial charge on any atom is -0.0622 e. The van der Waals surface area contributed by atoms with Crippen LogP contribution in [0, 0.1) is 11.3 Å². The normalized spacial score (nSPS) is 30.3. The highest BCUT2D eigenvalue weighted by Gasteiger charge is 2.53. The lowest BCUT2D eigenvalue weighted by molar-refractivity contribution is 0.318. The van der Waals surface area contributed by atoms with Crippen LogP contribution in [0.15, 0.2) is 30.3 Å². The van der Waals surface area contributed by atoms with E-state index in [9.17, 15) is 0 Å². The van der Waals surface area contributed by atoms with Crippen LogP contribution in [-0.4, -0.2) is 0 Å². The number of benzene rings is 1. The molecule has 1 aliphatic rings. The van der Waals surface area contributed by atoms with Gasteiger partial charge in [0.15, 0.2) is 0 Å². The molecule has 0 radical (unpaired) electrons. The molecule has 0 aliphatic heterocycles. The summed E-state index contributed by atoms with van der Waals surface area (Å²) in [6.45, 7) is 9.44. The maximum Gasteiger partial charge on any atom is -0.00132 e. The van der Waals surface area contributed by atoms with Gasteiger partial charge in [0.2, 0.25) is 0 Å². The molecule has 2 atom stereocenters. The van der Waals surface area contributed by atoms with Crippen molar-refractivity contribution in [2.75, 3.05) is 0 Å². The van der Waals surface area contributed by atoms with Crippen LogP contribution in [0.4, 0.5) is 0 Å². The largest absolute Gasteiger partial charge is 0.0622 e. The van der Waals surface area contributed by atoms with Crippen LogP contribution in [0.2, 0.25) is 0 Å². The molecule has 1 fully saturated rings. The van der Waals surface area contributed by atoms with Crippen LogP contribution in [-0.2, 0) is 5.41 Å². The van der Waals surface area contributed by atoms with Crippen LogP contribution >= 0.6 is 0 Å². The Kier molecular flexibility index (Phi) is 2.41. The fraction of sp³-hybridized carbons (Fsp3) is 0.600. The van der Waals surface area contributed by atoms with E-state index in [0.717, 1.165) is 5.92 Å². The Morgan fingerprint density at radius 1 is 1.20 bits per heavy atom. The average Bonchev–Trinajstić information content (AvgIpc) is 2.76. The van der Waals surface area contributed by atoms with E-state index in [1.54, 1.807) is 5.56 Å². The van der Waals surface area contributed by atoms with Crippen molar-refractivity contribution in [2.45, 2.75) is 46.0 Å². The zero-order valence-corrected chi connectivity index (χ0v) is 10.4. The highest BCUT2D eigenvalue weighted by Crippen LogP contribution is 2.59. The zero-order valence-electron chi connectivity index (χ0n) is 10.4. The van der Waals surface area contributed by atoms with Gasteiger partial charge in [0.1, 0.15) is 0 Å². The molecular weight excluding hydrogens is 180 g/mol. The molecule has 1 saturated carbocycles. The van der Waals surface area contributed by atoms with Crippen molar-refractivity contribution in [3.8, 4) is 0 Å². The van der Waals surface area contributed by atoms with Crippen molar-refractivity contribution >= 4 is 0 Å². The van der Waals surface area contributed by atoms with Crippen molar-refractivity contribution in [1.82, 2.24) is 0 Å². The molecule has 2 rings (SSSR count). The summed E-state index contributed by atoms with van der Waals surface area (Å²) in [5, 5.41) is 0. The van der Waals surface area contributed by atoms with Crippen molar-refractivity contribution in [1.29, 1.82) is 0 Å². The Morgan fingerprint density at radius 3 is 2.13 bits per heavy atom. The van der Waals surface area contributed by atoms with Crippen molar-refractivity contribution in [2.24, 2.45) is 11.3 Å². The van der Waals surface area contributed by atoms with Gasteiger partial charge in [-0.3, -0.25) is 0 Å². The second kappa shape index (κ2) is 3.37. The van der Waals surface area contributed by atoms with Crippen molar-refractivity contribution in [3.05, 3.63) is 35.9 Å². The Hall–Kier alpha value is -0.780. The van der Waals surface area contributed by atoms with E-state index >= 15 is 0 Å². The number of hydrogen-bond donors (Lipinski definition) is 0. The van der Waals surface area contributed by atoms with E-state index in [-0.39, 0.29) is 0 Å². The molecule has 0 aromatic heterocycles. The van der Waals surface area contributed by atoms with E-state index in [4.69, 9.17) is 0 Å². The summed E-state index contributed by atoms with van der Waals surface area (Å²) in [5.41, 5.74) is 2.47. The third kappa shape index (κ3) is 2.09. The molecule has 0 nitrogen and oxygen atoms in total. The maximum absolute atomic E-state index is 2.39. The molecule has 0 N–H and O–H groups in total. The lowest BCUT2D eigenvalue weighted by atomic mass is 9.78. The summed E-state index contributed by atoms with van der Waals surface area (Å²) >= 11 is 0. The van der Waals surface area contributed by atoms with Gasteiger partial charge in [-0.1, -0.05) is 58.0 Å². The standard InChI is InChI=1S/C15H22/c1-12-10-15(12,11-14(2,3)4)13-8-6-5-7-9-13/h5-9,12H,10-11H2,1-4H3. The first-order valence-corrected chi connectivity index (χ1v) is 6.00. The molecule has 1 aromatic rings. The van der Waals surface area contributed by atoms with Gasteiger partial charge >= 0.3 is 0 Å². The molecule has 0 spiro atoms. The first-order chi connectivity index (χ1) is 6.94. The smallest absolute Gasteiger partial charge is 0.00132 e. The second-order valence-electron chi connectivity index (χ2n) is 6.36. The van der Waals surface area contributed by atoms with E-state index in [0.29, 0.717) is 10.8 Å². The van der Waals surface area contributed by atoms with Gasteiger partial charge in [0.25, 0.3) is 0 Å². The number of hydrogen-bond acceptors (Lipinski definition) is 0. The molecule has 15 heavy (non-hydrogen) atoms. The first kappa shape index (κ1) is 10.7. The van der Waals surface area contributed by atoms with Crippen LogP contribution in [0.5, 0.6) is 0 Å². The summed E-state index contributed by atoms with van der Waals surface area (Å²) in [4.78, 5) is 0. The molecule has 0 heterocycles. The maximum atomic E-state index is 2.39. The van der Waals surface area contributed by atoms with Crippen LogP contribution in [0.1, 0.15) is 46.1 Å². The second-order valence-corrected chi connectivity index (χ2v) is 6.36. The molecule has 1 aromatic carbocycles. The predicted octanol–water partition coefficient (Wildman–Crippen LogP) is 4.40. The minimum absolute atomic E-state index is 0.431. The van der Waals surface area contributed by atoms with Gasteiger partial charge < -0.3 is 0 Å². The van der Waals surface area contributed by atoms with Gasteiger partial charge in [-0.2, -0.15) is 0 Å². The summed E-state index contributed by atoms with van der Waals surface area (Å²) in [6, 6.07) is 11.1. The quantitative estimate of drug-likeness (QED) is 0.666. The Morgan fingerprint density at radius 2 is 1.73 bits per heavy atom. The van der Waals surface area contributed by atoms with Gasteiger partial charge in [-0.15, -0.1) is 0 Å². The molecule has 0 saturated heterocycles. The van der Waals surface area contributed by atoms with Crippen LogP contribution in [0.3, 0.4) is 0 Å². The Balaban J connectivity index is 2.25. The topological polar surface area (TPSA) is 0 Å². The van der Waals surface area contributed by atoms with E-state index in [1.807, 2.05) is 0 Å². The van der Waals surface area contributed by atoms with E-state index in [1.165, 1.54) is 12.8 Å². The zero-order chi connectivity index (χ0) is 11.1. The Labute approximate surface area is 93.7 Å². The van der Waals surface area contributed by atoms with Gasteiger partial charge in [0, 0.05) is 0 Å². The van der Waals surface area contributed by atoms with E-state index < -0.39 is 0 Å². The van der Waals surface area contributed by atoms with E-state index in [2.05, 4.69) is 58.0 Å². The fourth-order valence-electron chi connectivity index (χ4n) is 2.95. The third-order valence-corrected chi connectivity index (χ3v) is 3.65. The summed E-state index contributed by atoms with van der Waals surface area (Å²) < 4.78 is 0. The molecule has 0 amide bonds. The van der Waals surface area contributed by atoms with Crippen molar-refractivity contribution in [3.63, 3.8) is 0 Å². The number of rotatable bonds is 2. The fourth-order valence-corrected chi connectivity index (χ4v) is 2.95. The van der Waals surface area contributed by atoms with Gasteiger partial charge in [-0.05, 0) is 35.2 Å². The third-order valence-electron chi connectivity index (χ3n) is 3.65. The monoisotopic (exact) mass is 202 g/mol. The van der Waals surface area contributed by atoms with Crippen LogP contribution in [0.25, 0.3) is 0 Å². The average molecular weight is 202 g/mol. The molecule has 1 aliphatic carbocycles. The summed E-state index contributed by atoms with van der Waals surface area (Å²) in [7, 11) is 0. The molecule has 2 unspecified atom stereocenters. The molecule has 82 valence electrons. The molecular formula is C15H22.